The Kier molecular flexibility index (Phi) is 4.75. The molecule has 2 N–H and O–H groups in total. The molecule has 0 spiro atoms. The maximum atomic E-state index is 12.1. The maximum Gasteiger partial charge on any atom is 0.245 e. The Balaban J connectivity index is 1.61. The van der Waals surface area contributed by atoms with Crippen LogP contribution < -0.4 is 0 Å². The Hall–Kier alpha value is -3.19. The van der Waals surface area contributed by atoms with Gasteiger partial charge in [-0.25, -0.2) is 0 Å². The number of rotatable bonds is 4. The van der Waals surface area contributed by atoms with E-state index in [-0.39, 0.29) is 23.5 Å². The number of nitrogens with one attached hydrogen (secondary N) is 1. The third-order valence-electron chi connectivity index (χ3n) is 6.23. The summed E-state index contributed by atoms with van der Waals surface area (Å²) >= 11 is 0. The second kappa shape index (κ2) is 7.57. The number of benzene rings is 1. The zero-order valence-corrected chi connectivity index (χ0v) is 16.7. The fourth-order valence-electron chi connectivity index (χ4n) is 4.70. The number of phenols is 1. The van der Waals surface area contributed by atoms with E-state index >= 15 is 0 Å². The summed E-state index contributed by atoms with van der Waals surface area (Å²) in [7, 11) is 0. The molecule has 2 aliphatic rings. The van der Waals surface area contributed by atoms with E-state index in [0.717, 1.165) is 42.7 Å². The van der Waals surface area contributed by atoms with Crippen LogP contribution in [0.15, 0.2) is 43.0 Å². The number of H-pyrrole nitrogens is 1. The highest BCUT2D eigenvalue weighted by molar-refractivity contribution is 5.88. The minimum atomic E-state index is -0.0269. The molecule has 2 aliphatic heterocycles. The van der Waals surface area contributed by atoms with Gasteiger partial charge < -0.3 is 19.7 Å². The number of para-hydroxylation sites is 1. The first-order chi connectivity index (χ1) is 14.7. The number of aromatic hydroxyl groups is 1. The SMILES string of the molecule is C=CC(=O)N1CC[C@H](c2[nH]c3nnc(-c4ccccc4O)cc3c2[C@H]2CCOC2)C1. The topological polar surface area (TPSA) is 91.3 Å². The van der Waals surface area contributed by atoms with Gasteiger partial charge in [-0.05, 0) is 42.7 Å². The van der Waals surface area contributed by atoms with Crippen molar-refractivity contribution in [2.75, 3.05) is 26.3 Å². The molecule has 2 aromatic heterocycles. The van der Waals surface area contributed by atoms with Crippen LogP contribution in [0.5, 0.6) is 5.75 Å². The molecule has 3 aromatic rings. The third-order valence-corrected chi connectivity index (χ3v) is 6.23. The molecule has 154 valence electrons. The summed E-state index contributed by atoms with van der Waals surface area (Å²) in [5.74, 6) is 0.648. The molecule has 0 saturated carbocycles. The largest absolute Gasteiger partial charge is 0.507 e. The number of carbonyl (C=O) groups is 1. The molecule has 5 rings (SSSR count). The van der Waals surface area contributed by atoms with Crippen LogP contribution in [0.3, 0.4) is 0 Å². The smallest absolute Gasteiger partial charge is 0.245 e. The quantitative estimate of drug-likeness (QED) is 0.651. The maximum absolute atomic E-state index is 12.1. The van der Waals surface area contributed by atoms with Gasteiger partial charge in [0.15, 0.2) is 5.65 Å². The lowest BCUT2D eigenvalue weighted by Gasteiger charge is -2.17. The van der Waals surface area contributed by atoms with Crippen LogP contribution in [0.1, 0.15) is 35.9 Å². The zero-order chi connectivity index (χ0) is 20.7. The number of aromatic amines is 1. The van der Waals surface area contributed by atoms with Crippen LogP contribution in [0.25, 0.3) is 22.3 Å². The van der Waals surface area contributed by atoms with Crippen molar-refractivity contribution in [3.63, 3.8) is 0 Å². The summed E-state index contributed by atoms with van der Waals surface area (Å²) in [5, 5.41) is 20.1. The summed E-state index contributed by atoms with van der Waals surface area (Å²) in [6, 6.07) is 9.16. The van der Waals surface area contributed by atoms with Crippen molar-refractivity contribution in [3.05, 3.63) is 54.2 Å². The van der Waals surface area contributed by atoms with Crippen LogP contribution >= 0.6 is 0 Å². The number of hydrogen-bond donors (Lipinski definition) is 2. The van der Waals surface area contributed by atoms with Gasteiger partial charge >= 0.3 is 0 Å². The first-order valence-electron chi connectivity index (χ1n) is 10.3. The molecule has 7 heteroatoms. The molecule has 0 bridgehead atoms. The highest BCUT2D eigenvalue weighted by Crippen LogP contribution is 2.40. The van der Waals surface area contributed by atoms with E-state index in [1.165, 1.54) is 11.6 Å². The first kappa shape index (κ1) is 18.8. The number of phenolic OH excluding ortho intramolecular Hbond substituents is 1. The van der Waals surface area contributed by atoms with Gasteiger partial charge in [-0.3, -0.25) is 4.79 Å². The number of ether oxygens (including phenoxy) is 1. The molecule has 2 fully saturated rings. The van der Waals surface area contributed by atoms with Crippen LogP contribution in [-0.2, 0) is 9.53 Å². The molecular weight excluding hydrogens is 380 g/mol. The van der Waals surface area contributed by atoms with Gasteiger partial charge in [0.1, 0.15) is 5.75 Å². The van der Waals surface area contributed by atoms with E-state index in [0.29, 0.717) is 24.4 Å². The summed E-state index contributed by atoms with van der Waals surface area (Å²) in [5.41, 5.74) is 4.38. The highest BCUT2D eigenvalue weighted by atomic mass is 16.5. The Morgan fingerprint density at radius 3 is 2.90 bits per heavy atom. The van der Waals surface area contributed by atoms with E-state index in [1.54, 1.807) is 12.1 Å². The second-order valence-corrected chi connectivity index (χ2v) is 8.00. The first-order valence-corrected chi connectivity index (χ1v) is 10.3. The van der Waals surface area contributed by atoms with Crippen molar-refractivity contribution in [2.45, 2.75) is 24.7 Å². The standard InChI is InChI=1S/C23H24N4O3/c1-2-20(29)27-9-7-14(12-27)22-21(15-8-10-30-13-15)17-11-18(25-26-23(17)24-22)16-5-3-4-6-19(16)28/h2-6,11,14-15,28H,1,7-10,12-13H2,(H,24,26)/t14-,15-/m0/s1. The van der Waals surface area contributed by atoms with Gasteiger partial charge in [-0.1, -0.05) is 18.7 Å². The van der Waals surface area contributed by atoms with E-state index in [9.17, 15) is 9.90 Å². The van der Waals surface area contributed by atoms with Gasteiger partial charge in [0, 0.05) is 48.2 Å². The number of hydrogen-bond acceptors (Lipinski definition) is 5. The van der Waals surface area contributed by atoms with Crippen molar-refractivity contribution in [1.29, 1.82) is 0 Å². The van der Waals surface area contributed by atoms with Crippen molar-refractivity contribution in [2.24, 2.45) is 0 Å². The highest BCUT2D eigenvalue weighted by Gasteiger charge is 2.33. The van der Waals surface area contributed by atoms with Gasteiger partial charge in [0.2, 0.25) is 5.91 Å². The second-order valence-electron chi connectivity index (χ2n) is 8.00. The molecular formula is C23H24N4O3. The number of fused-ring (bicyclic) bond motifs is 1. The minimum Gasteiger partial charge on any atom is -0.507 e. The summed E-state index contributed by atoms with van der Waals surface area (Å²) in [6.07, 6.45) is 3.23. The van der Waals surface area contributed by atoms with Crippen LogP contribution in [0, 0.1) is 0 Å². The number of likely N-dealkylation sites (tertiary alicyclic amines) is 1. The third kappa shape index (κ3) is 3.15. The molecule has 1 aromatic carbocycles. The molecule has 30 heavy (non-hydrogen) atoms. The molecule has 0 aliphatic carbocycles. The monoisotopic (exact) mass is 404 g/mol. The van der Waals surface area contributed by atoms with E-state index < -0.39 is 0 Å². The van der Waals surface area contributed by atoms with Gasteiger partial charge in [-0.15, -0.1) is 10.2 Å². The fraction of sp³-hybridized carbons (Fsp3) is 0.348. The average Bonchev–Trinajstić information content (AvgIpc) is 3.51. The van der Waals surface area contributed by atoms with Gasteiger partial charge in [0.05, 0.1) is 12.3 Å². The number of nitrogens with zero attached hydrogens (tertiary/aromatic N) is 3. The molecule has 2 atom stereocenters. The predicted molar refractivity (Wildman–Crippen MR) is 113 cm³/mol. The predicted octanol–water partition coefficient (Wildman–Crippen LogP) is 3.34. The number of carbonyl (C=O) groups excluding carboxylic acids is 1. The molecule has 2 saturated heterocycles. The van der Waals surface area contributed by atoms with E-state index in [1.807, 2.05) is 23.1 Å². The molecule has 0 radical (unpaired) electrons. The van der Waals surface area contributed by atoms with Gasteiger partial charge in [0.25, 0.3) is 0 Å². The molecule has 7 nitrogen and oxygen atoms in total. The summed E-state index contributed by atoms with van der Waals surface area (Å²) in [6.45, 7) is 6.42. The van der Waals surface area contributed by atoms with Crippen LogP contribution in [-0.4, -0.2) is 57.4 Å². The lowest BCUT2D eigenvalue weighted by atomic mass is 9.90. The fourth-order valence-corrected chi connectivity index (χ4v) is 4.70. The minimum absolute atomic E-state index is 0.0269. The normalized spacial score (nSPS) is 21.4. The number of aromatic nitrogens is 3. The lowest BCUT2D eigenvalue weighted by molar-refractivity contribution is -0.125. The van der Waals surface area contributed by atoms with Crippen molar-refractivity contribution < 1.29 is 14.6 Å². The van der Waals surface area contributed by atoms with Crippen LogP contribution in [0.2, 0.25) is 0 Å². The number of amides is 1. The Morgan fingerprint density at radius 1 is 1.27 bits per heavy atom. The Bertz CT molecular complexity index is 1120. The van der Waals surface area contributed by atoms with Crippen LogP contribution in [0.4, 0.5) is 0 Å². The zero-order valence-electron chi connectivity index (χ0n) is 16.7. The van der Waals surface area contributed by atoms with E-state index in [2.05, 4.69) is 21.8 Å². The van der Waals surface area contributed by atoms with Gasteiger partial charge in [-0.2, -0.15) is 0 Å². The average molecular weight is 404 g/mol. The Labute approximate surface area is 174 Å². The molecule has 1 amide bonds. The summed E-state index contributed by atoms with van der Waals surface area (Å²) in [4.78, 5) is 17.4. The van der Waals surface area contributed by atoms with E-state index in [4.69, 9.17) is 4.74 Å². The molecule has 0 unspecified atom stereocenters. The van der Waals surface area contributed by atoms with Crippen molar-refractivity contribution in [3.8, 4) is 17.0 Å². The lowest BCUT2D eigenvalue weighted by Crippen LogP contribution is -2.26. The molecule has 4 heterocycles. The summed E-state index contributed by atoms with van der Waals surface area (Å²) < 4.78 is 5.69. The van der Waals surface area contributed by atoms with Crippen molar-refractivity contribution in [1.82, 2.24) is 20.1 Å². The van der Waals surface area contributed by atoms with Crippen molar-refractivity contribution >= 4 is 16.9 Å². The Morgan fingerprint density at radius 2 is 2.13 bits per heavy atom.